The Bertz CT molecular complexity index is 1460. The van der Waals surface area contributed by atoms with Gasteiger partial charge in [0, 0.05) is 29.1 Å². The van der Waals surface area contributed by atoms with Crippen molar-refractivity contribution in [3.8, 4) is 0 Å². The van der Waals surface area contributed by atoms with E-state index in [-0.39, 0.29) is 24.9 Å². The van der Waals surface area contributed by atoms with E-state index in [1.807, 2.05) is 50.2 Å². The van der Waals surface area contributed by atoms with E-state index < -0.39 is 28.5 Å². The van der Waals surface area contributed by atoms with Crippen LogP contribution in [0.15, 0.2) is 66.7 Å². The van der Waals surface area contributed by atoms with Crippen LogP contribution in [-0.2, 0) is 32.6 Å². The van der Waals surface area contributed by atoms with Crippen molar-refractivity contribution in [1.82, 2.24) is 10.2 Å². The first-order valence-electron chi connectivity index (χ1n) is 13.4. The van der Waals surface area contributed by atoms with Gasteiger partial charge in [-0.2, -0.15) is 0 Å². The normalized spacial score (nSPS) is 12.9. The summed E-state index contributed by atoms with van der Waals surface area (Å²) in [6.07, 6.45) is 2.00. The number of hydrogen-bond donors (Lipinski definition) is 1. The molecule has 3 rings (SSSR count). The second-order valence-electron chi connectivity index (χ2n) is 10.3. The lowest BCUT2D eigenvalue weighted by molar-refractivity contribution is -0.140. The topological polar surface area (TPSA) is 86.8 Å². The number of hydrogen-bond acceptors (Lipinski definition) is 4. The van der Waals surface area contributed by atoms with Crippen LogP contribution in [0.3, 0.4) is 0 Å². The Hall–Kier alpha value is -3.07. The molecule has 0 aromatic heterocycles. The number of para-hydroxylation sites is 1. The maximum Gasteiger partial charge on any atom is 0.244 e. The molecule has 220 valence electrons. The summed E-state index contributed by atoms with van der Waals surface area (Å²) in [5, 5.41) is 3.78. The van der Waals surface area contributed by atoms with Crippen molar-refractivity contribution in [3.63, 3.8) is 0 Å². The molecule has 2 unspecified atom stereocenters. The van der Waals surface area contributed by atoms with Crippen molar-refractivity contribution in [2.24, 2.45) is 0 Å². The molecule has 3 aromatic rings. The van der Waals surface area contributed by atoms with Gasteiger partial charge in [-0.1, -0.05) is 84.7 Å². The van der Waals surface area contributed by atoms with Crippen LogP contribution in [0.5, 0.6) is 0 Å². The molecule has 0 fully saturated rings. The fourth-order valence-electron chi connectivity index (χ4n) is 4.60. The number of nitrogens with one attached hydrogen (secondary N) is 1. The number of benzene rings is 3. The smallest absolute Gasteiger partial charge is 0.244 e. The second kappa shape index (κ2) is 14.2. The van der Waals surface area contributed by atoms with Gasteiger partial charge >= 0.3 is 0 Å². The lowest BCUT2D eigenvalue weighted by Crippen LogP contribution is -2.54. The third kappa shape index (κ3) is 8.71. The highest BCUT2D eigenvalue weighted by Crippen LogP contribution is 2.28. The monoisotopic (exact) mass is 617 g/mol. The predicted molar refractivity (Wildman–Crippen MR) is 167 cm³/mol. The van der Waals surface area contributed by atoms with Gasteiger partial charge in [-0.25, -0.2) is 8.42 Å². The maximum atomic E-state index is 14.2. The Morgan fingerprint density at radius 3 is 2.15 bits per heavy atom. The largest absolute Gasteiger partial charge is 0.352 e. The van der Waals surface area contributed by atoms with Crippen LogP contribution >= 0.6 is 23.2 Å². The standard InChI is InChI=1S/C31H37Cl2N3O4S/c1-6-23(4)34-31(38)28(17-24-13-8-7-9-14-24)35(19-25-15-16-26(32)18-27(25)33)29(37)20-36(41(5,39)40)30-21(2)11-10-12-22(30)3/h7-16,18,23,28H,6,17,19-20H2,1-5H3,(H,34,38). The number of sulfonamides is 1. The molecule has 10 heteroatoms. The van der Waals surface area contributed by atoms with Crippen LogP contribution in [0, 0.1) is 13.8 Å². The molecule has 2 amide bonds. The van der Waals surface area contributed by atoms with Crippen molar-refractivity contribution in [2.75, 3.05) is 17.1 Å². The molecule has 7 nitrogen and oxygen atoms in total. The van der Waals surface area contributed by atoms with Crippen LogP contribution in [0.25, 0.3) is 0 Å². The Morgan fingerprint density at radius 1 is 0.951 bits per heavy atom. The third-order valence-corrected chi connectivity index (χ3v) is 8.70. The van der Waals surface area contributed by atoms with Gasteiger partial charge in [-0.15, -0.1) is 0 Å². The number of anilines is 1. The molecule has 0 aliphatic carbocycles. The first-order valence-corrected chi connectivity index (χ1v) is 16.0. The summed E-state index contributed by atoms with van der Waals surface area (Å²) >= 11 is 12.6. The maximum absolute atomic E-state index is 14.2. The summed E-state index contributed by atoms with van der Waals surface area (Å²) in [5.74, 6) is -0.871. The molecule has 0 saturated carbocycles. The molecule has 2 atom stereocenters. The van der Waals surface area contributed by atoms with Gasteiger partial charge in [0.25, 0.3) is 0 Å². The van der Waals surface area contributed by atoms with Gasteiger partial charge in [-0.05, 0) is 61.6 Å². The Balaban J connectivity index is 2.13. The molecule has 0 bridgehead atoms. The van der Waals surface area contributed by atoms with Gasteiger partial charge in [0.1, 0.15) is 12.6 Å². The molecule has 3 aromatic carbocycles. The number of nitrogens with zero attached hydrogens (tertiary/aromatic N) is 2. The van der Waals surface area contributed by atoms with E-state index in [0.29, 0.717) is 38.8 Å². The minimum absolute atomic E-state index is 0.0232. The van der Waals surface area contributed by atoms with E-state index in [0.717, 1.165) is 16.1 Å². The molecule has 41 heavy (non-hydrogen) atoms. The number of carbonyl (C=O) groups is 2. The number of amides is 2. The van der Waals surface area contributed by atoms with Gasteiger partial charge in [-0.3, -0.25) is 13.9 Å². The van der Waals surface area contributed by atoms with Crippen molar-refractivity contribution in [3.05, 3.63) is 99.0 Å². The predicted octanol–water partition coefficient (Wildman–Crippen LogP) is 5.93. The summed E-state index contributed by atoms with van der Waals surface area (Å²) in [4.78, 5) is 29.4. The van der Waals surface area contributed by atoms with E-state index >= 15 is 0 Å². The van der Waals surface area contributed by atoms with Gasteiger partial charge < -0.3 is 10.2 Å². The Morgan fingerprint density at radius 2 is 1.59 bits per heavy atom. The Kier molecular flexibility index (Phi) is 11.2. The van der Waals surface area contributed by atoms with Crippen molar-refractivity contribution >= 4 is 50.7 Å². The molecular weight excluding hydrogens is 581 g/mol. The lowest BCUT2D eigenvalue weighted by atomic mass is 10.0. The van der Waals surface area contributed by atoms with Crippen LogP contribution in [0.1, 0.15) is 42.5 Å². The van der Waals surface area contributed by atoms with Crippen LogP contribution < -0.4 is 9.62 Å². The molecule has 0 radical (unpaired) electrons. The van der Waals surface area contributed by atoms with Crippen LogP contribution in [0.4, 0.5) is 5.69 Å². The minimum Gasteiger partial charge on any atom is -0.352 e. The van der Waals surface area contributed by atoms with Crippen molar-refractivity contribution in [1.29, 1.82) is 0 Å². The zero-order chi connectivity index (χ0) is 30.3. The summed E-state index contributed by atoms with van der Waals surface area (Å²) in [7, 11) is -3.86. The van der Waals surface area contributed by atoms with Crippen LogP contribution in [0.2, 0.25) is 10.0 Å². The first-order chi connectivity index (χ1) is 19.3. The van der Waals surface area contributed by atoms with E-state index in [4.69, 9.17) is 23.2 Å². The zero-order valence-electron chi connectivity index (χ0n) is 24.0. The number of aryl methyl sites for hydroxylation is 2. The van der Waals surface area contributed by atoms with Crippen molar-refractivity contribution in [2.45, 2.75) is 59.2 Å². The zero-order valence-corrected chi connectivity index (χ0v) is 26.4. The fourth-order valence-corrected chi connectivity index (χ4v) is 6.04. The highest BCUT2D eigenvalue weighted by Gasteiger charge is 2.34. The van der Waals surface area contributed by atoms with E-state index in [1.54, 1.807) is 44.2 Å². The van der Waals surface area contributed by atoms with E-state index in [2.05, 4.69) is 5.32 Å². The molecular formula is C31H37Cl2N3O4S. The summed E-state index contributed by atoms with van der Waals surface area (Å²) in [6.45, 7) is 6.94. The van der Waals surface area contributed by atoms with Crippen LogP contribution in [-0.4, -0.2) is 50.0 Å². The Labute approximate surface area is 253 Å². The molecule has 0 aliphatic rings. The summed E-state index contributed by atoms with van der Waals surface area (Å²) in [6, 6.07) is 18.7. The molecule has 1 N–H and O–H groups in total. The lowest BCUT2D eigenvalue weighted by Gasteiger charge is -2.34. The average Bonchev–Trinajstić information content (AvgIpc) is 2.90. The van der Waals surface area contributed by atoms with E-state index in [9.17, 15) is 18.0 Å². The summed E-state index contributed by atoms with van der Waals surface area (Å²) < 4.78 is 27.2. The quantitative estimate of drug-likeness (QED) is 0.273. The number of rotatable bonds is 12. The highest BCUT2D eigenvalue weighted by atomic mass is 35.5. The molecule has 0 saturated heterocycles. The van der Waals surface area contributed by atoms with Gasteiger partial charge in [0.15, 0.2) is 0 Å². The fraction of sp³-hybridized carbons (Fsp3) is 0.355. The number of halogens is 2. The molecule has 0 spiro atoms. The first kappa shape index (κ1) is 32.4. The second-order valence-corrected chi connectivity index (χ2v) is 13.0. The third-order valence-electron chi connectivity index (χ3n) is 7.00. The summed E-state index contributed by atoms with van der Waals surface area (Å²) in [5.41, 5.74) is 3.30. The van der Waals surface area contributed by atoms with Gasteiger partial charge in [0.05, 0.1) is 11.9 Å². The molecule has 0 heterocycles. The highest BCUT2D eigenvalue weighted by molar-refractivity contribution is 7.92. The average molecular weight is 619 g/mol. The van der Waals surface area contributed by atoms with Gasteiger partial charge in [0.2, 0.25) is 21.8 Å². The van der Waals surface area contributed by atoms with Crippen molar-refractivity contribution < 1.29 is 18.0 Å². The minimum atomic E-state index is -3.86. The molecule has 0 aliphatic heterocycles. The number of carbonyl (C=O) groups excluding carboxylic acids is 2. The SMILES string of the molecule is CCC(C)NC(=O)C(Cc1ccccc1)N(Cc1ccc(Cl)cc1Cl)C(=O)CN(c1c(C)cccc1C)S(C)(=O)=O. The van der Waals surface area contributed by atoms with E-state index in [1.165, 1.54) is 4.90 Å².